The number of nitrogens with two attached hydrogens (primary N) is 1. The summed E-state index contributed by atoms with van der Waals surface area (Å²) in [7, 11) is 2.02. The van der Waals surface area contributed by atoms with E-state index in [1.54, 1.807) is 0 Å². The maximum absolute atomic E-state index is 13.2. The van der Waals surface area contributed by atoms with Gasteiger partial charge in [-0.2, -0.15) is 0 Å². The minimum absolute atomic E-state index is 0.0623. The maximum atomic E-state index is 13.2. The van der Waals surface area contributed by atoms with Crippen LogP contribution in [0.25, 0.3) is 10.8 Å². The highest BCUT2D eigenvalue weighted by Crippen LogP contribution is 2.19. The molecule has 1 aliphatic heterocycles. The van der Waals surface area contributed by atoms with Crippen molar-refractivity contribution in [3.05, 3.63) is 83.4 Å². The number of rotatable bonds is 6. The first kappa shape index (κ1) is 20.1. The van der Waals surface area contributed by atoms with Crippen LogP contribution in [0, 0.1) is 5.41 Å². The van der Waals surface area contributed by atoms with E-state index in [1.165, 1.54) is 16.3 Å². The molecule has 3 N–H and O–H groups in total. The Kier molecular flexibility index (Phi) is 5.81. The summed E-state index contributed by atoms with van der Waals surface area (Å²) >= 11 is 0. The highest BCUT2D eigenvalue weighted by Gasteiger charge is 2.32. The van der Waals surface area contributed by atoms with Gasteiger partial charge in [-0.05, 0) is 41.8 Å². The number of amidine groups is 1. The molecule has 0 radical (unpaired) electrons. The van der Waals surface area contributed by atoms with Crippen LogP contribution in [0.4, 0.5) is 0 Å². The predicted molar refractivity (Wildman–Crippen MR) is 122 cm³/mol. The summed E-state index contributed by atoms with van der Waals surface area (Å²) in [5, 5.41) is 10.0. The fourth-order valence-electron chi connectivity index (χ4n) is 4.11. The van der Waals surface area contributed by atoms with Crippen LogP contribution < -0.4 is 5.73 Å². The molecule has 0 unspecified atom stereocenters. The highest BCUT2D eigenvalue weighted by molar-refractivity contribution is 5.94. The number of nitrogens with zero attached hydrogens (tertiary/aromatic N) is 2. The first-order chi connectivity index (χ1) is 14.5. The van der Waals surface area contributed by atoms with Crippen LogP contribution in [0.5, 0.6) is 0 Å². The molecule has 1 atom stereocenters. The van der Waals surface area contributed by atoms with Crippen molar-refractivity contribution in [2.45, 2.75) is 18.9 Å². The second kappa shape index (κ2) is 8.67. The molecule has 0 aromatic heterocycles. The second-order valence-electron chi connectivity index (χ2n) is 8.07. The lowest BCUT2D eigenvalue weighted by atomic mass is 10.00. The molecule has 5 nitrogen and oxygen atoms in total. The van der Waals surface area contributed by atoms with E-state index in [2.05, 4.69) is 47.4 Å². The van der Waals surface area contributed by atoms with Crippen LogP contribution in [0.3, 0.4) is 0 Å². The SMILES string of the molecule is CN1CCN(CCc2ccc3ccccc3c2)C(=O)[C@@H]1Cc1ccc(C(=N)N)cc1. The van der Waals surface area contributed by atoms with Crippen LogP contribution in [-0.2, 0) is 17.6 Å². The van der Waals surface area contributed by atoms with E-state index in [1.807, 2.05) is 36.2 Å². The van der Waals surface area contributed by atoms with E-state index in [9.17, 15) is 4.79 Å². The summed E-state index contributed by atoms with van der Waals surface area (Å²) in [4.78, 5) is 17.3. The van der Waals surface area contributed by atoms with E-state index < -0.39 is 0 Å². The van der Waals surface area contributed by atoms with Gasteiger partial charge in [0.15, 0.2) is 0 Å². The van der Waals surface area contributed by atoms with Gasteiger partial charge in [-0.25, -0.2) is 0 Å². The van der Waals surface area contributed by atoms with Gasteiger partial charge in [0.2, 0.25) is 5.91 Å². The van der Waals surface area contributed by atoms with Gasteiger partial charge in [-0.3, -0.25) is 15.1 Å². The number of hydrogen-bond acceptors (Lipinski definition) is 3. The van der Waals surface area contributed by atoms with Gasteiger partial charge in [0.25, 0.3) is 0 Å². The van der Waals surface area contributed by atoms with Crippen LogP contribution >= 0.6 is 0 Å². The Morgan fingerprint density at radius 3 is 2.43 bits per heavy atom. The summed E-state index contributed by atoms with van der Waals surface area (Å²) in [6.07, 6.45) is 1.53. The molecule has 4 rings (SSSR count). The third-order valence-electron chi connectivity index (χ3n) is 6.03. The number of likely N-dealkylation sites (N-methyl/N-ethyl adjacent to an activating group) is 1. The number of nitrogens with one attached hydrogen (secondary N) is 1. The third kappa shape index (κ3) is 4.36. The molecule has 1 aliphatic rings. The van der Waals surface area contributed by atoms with Crippen molar-refractivity contribution in [1.82, 2.24) is 9.80 Å². The standard InChI is InChI=1S/C25H28N4O/c1-28-14-15-29(13-12-19-6-9-20-4-2-3-5-22(20)16-19)25(30)23(28)17-18-7-10-21(11-8-18)24(26)27/h2-11,16,23H,12-15,17H2,1H3,(H3,26,27)/t23-/m0/s1. The first-order valence-electron chi connectivity index (χ1n) is 10.4. The zero-order chi connectivity index (χ0) is 21.1. The van der Waals surface area contributed by atoms with Crippen molar-refractivity contribution in [2.75, 3.05) is 26.7 Å². The summed E-state index contributed by atoms with van der Waals surface area (Å²) in [5.41, 5.74) is 8.59. The predicted octanol–water partition coefficient (Wildman–Crippen LogP) is 3.05. The van der Waals surface area contributed by atoms with Gasteiger partial charge in [-0.1, -0.05) is 66.7 Å². The fraction of sp³-hybridized carbons (Fsp3) is 0.280. The minimum atomic E-state index is -0.154. The summed E-state index contributed by atoms with van der Waals surface area (Å²) in [5.74, 6) is 0.257. The summed E-state index contributed by atoms with van der Waals surface area (Å²) in [6, 6.07) is 22.4. The van der Waals surface area contributed by atoms with E-state index in [0.29, 0.717) is 12.0 Å². The van der Waals surface area contributed by atoms with Crippen molar-refractivity contribution in [2.24, 2.45) is 5.73 Å². The Morgan fingerprint density at radius 2 is 1.70 bits per heavy atom. The van der Waals surface area contributed by atoms with Crippen LogP contribution in [-0.4, -0.2) is 54.3 Å². The van der Waals surface area contributed by atoms with Crippen molar-refractivity contribution < 1.29 is 4.79 Å². The van der Waals surface area contributed by atoms with Crippen LogP contribution in [0.1, 0.15) is 16.7 Å². The van der Waals surface area contributed by atoms with Gasteiger partial charge in [0.1, 0.15) is 5.84 Å². The van der Waals surface area contributed by atoms with E-state index >= 15 is 0 Å². The monoisotopic (exact) mass is 400 g/mol. The Morgan fingerprint density at radius 1 is 1.00 bits per heavy atom. The van der Waals surface area contributed by atoms with E-state index in [4.69, 9.17) is 11.1 Å². The lowest BCUT2D eigenvalue weighted by Gasteiger charge is -2.39. The zero-order valence-corrected chi connectivity index (χ0v) is 17.3. The molecule has 154 valence electrons. The van der Waals surface area contributed by atoms with Gasteiger partial charge in [0.05, 0.1) is 6.04 Å². The maximum Gasteiger partial charge on any atom is 0.240 e. The smallest absolute Gasteiger partial charge is 0.240 e. The number of fused-ring (bicyclic) bond motifs is 1. The van der Waals surface area contributed by atoms with Crippen LogP contribution in [0.15, 0.2) is 66.7 Å². The molecular formula is C25H28N4O. The van der Waals surface area contributed by atoms with Crippen LogP contribution in [0.2, 0.25) is 0 Å². The molecule has 1 fully saturated rings. The van der Waals surface area contributed by atoms with Crippen molar-refractivity contribution >= 4 is 22.5 Å². The van der Waals surface area contributed by atoms with Gasteiger partial charge < -0.3 is 10.6 Å². The number of carbonyl (C=O) groups excluding carboxylic acids is 1. The first-order valence-corrected chi connectivity index (χ1v) is 10.4. The highest BCUT2D eigenvalue weighted by atomic mass is 16.2. The summed E-state index contributed by atoms with van der Waals surface area (Å²) in [6.45, 7) is 2.38. The Labute approximate surface area is 177 Å². The van der Waals surface area contributed by atoms with Crippen molar-refractivity contribution in [3.63, 3.8) is 0 Å². The Hall–Kier alpha value is -3.18. The molecule has 1 saturated heterocycles. The minimum Gasteiger partial charge on any atom is -0.384 e. The largest absolute Gasteiger partial charge is 0.384 e. The molecule has 0 spiro atoms. The number of piperazine rings is 1. The molecule has 0 bridgehead atoms. The number of nitrogen functional groups attached to an aromatic ring is 1. The van der Waals surface area contributed by atoms with Gasteiger partial charge in [-0.15, -0.1) is 0 Å². The Bertz CT molecular complexity index is 1060. The average molecular weight is 401 g/mol. The lowest BCUT2D eigenvalue weighted by molar-refractivity contribution is -0.140. The quantitative estimate of drug-likeness (QED) is 0.493. The molecule has 3 aromatic rings. The Balaban J connectivity index is 1.41. The molecule has 5 heteroatoms. The van der Waals surface area contributed by atoms with E-state index in [0.717, 1.165) is 31.6 Å². The molecule has 1 heterocycles. The van der Waals surface area contributed by atoms with Crippen molar-refractivity contribution in [1.29, 1.82) is 5.41 Å². The normalized spacial score (nSPS) is 17.4. The van der Waals surface area contributed by atoms with Gasteiger partial charge in [0, 0.05) is 25.2 Å². The molecule has 0 saturated carbocycles. The number of amides is 1. The van der Waals surface area contributed by atoms with Crippen molar-refractivity contribution in [3.8, 4) is 0 Å². The second-order valence-corrected chi connectivity index (χ2v) is 8.07. The number of benzene rings is 3. The van der Waals surface area contributed by atoms with E-state index in [-0.39, 0.29) is 17.8 Å². The third-order valence-corrected chi connectivity index (χ3v) is 6.03. The molecular weight excluding hydrogens is 372 g/mol. The average Bonchev–Trinajstić information content (AvgIpc) is 2.76. The fourth-order valence-corrected chi connectivity index (χ4v) is 4.11. The topological polar surface area (TPSA) is 73.4 Å². The number of hydrogen-bond donors (Lipinski definition) is 2. The molecule has 0 aliphatic carbocycles. The summed E-state index contributed by atoms with van der Waals surface area (Å²) < 4.78 is 0. The zero-order valence-electron chi connectivity index (χ0n) is 17.3. The molecule has 1 amide bonds. The van der Waals surface area contributed by atoms with Gasteiger partial charge >= 0.3 is 0 Å². The number of carbonyl (C=O) groups is 1. The molecule has 3 aromatic carbocycles. The molecule has 30 heavy (non-hydrogen) atoms. The lowest BCUT2D eigenvalue weighted by Crippen LogP contribution is -2.56.